The summed E-state index contributed by atoms with van der Waals surface area (Å²) in [4.78, 5) is 16.8. The molecule has 0 saturated carbocycles. The topological polar surface area (TPSA) is 68.3 Å². The number of guanidine groups is 1. The number of hydrogen-bond donors (Lipinski definition) is 2. The van der Waals surface area contributed by atoms with E-state index in [-0.39, 0.29) is 30.1 Å². The first kappa shape index (κ1) is 28.1. The molecule has 3 rings (SSSR count). The lowest BCUT2D eigenvalue weighted by molar-refractivity contribution is -0.0284. The maximum Gasteiger partial charge on any atom is 0.191 e. The summed E-state index contributed by atoms with van der Waals surface area (Å²) < 4.78 is 5.98. The summed E-state index contributed by atoms with van der Waals surface area (Å²) in [6.45, 7) is 20.4. The summed E-state index contributed by atoms with van der Waals surface area (Å²) in [7, 11) is 0. The predicted octanol–water partition coefficient (Wildman–Crippen LogP) is 2.25. The molecule has 2 aliphatic rings. The molecule has 0 bridgehead atoms. The van der Waals surface area contributed by atoms with Crippen molar-refractivity contribution in [1.82, 2.24) is 25.4 Å². The Kier molecular flexibility index (Phi) is 12.7. The molecule has 1 unspecified atom stereocenters. The molecule has 1 aromatic heterocycles. The van der Waals surface area contributed by atoms with Gasteiger partial charge in [0.25, 0.3) is 0 Å². The molecule has 0 spiro atoms. The first-order chi connectivity index (χ1) is 15.6. The fourth-order valence-electron chi connectivity index (χ4n) is 4.33. The van der Waals surface area contributed by atoms with Crippen LogP contribution in [0.1, 0.15) is 33.3 Å². The standard InChI is InChI=1S/C24H43N7O.HI/c1-5-25-24(28-17-22-19-30(13-14-32-22)18-20(3)4)27-16-21-7-8-26-23(15-21)31-11-9-29(6-2)10-12-31;/h7-8,15,20,22H,5-6,9-14,16-19H2,1-4H3,(H2,25,27,28);1H. The number of aromatic nitrogens is 1. The molecule has 188 valence electrons. The fourth-order valence-corrected chi connectivity index (χ4v) is 4.33. The van der Waals surface area contributed by atoms with Gasteiger partial charge in [-0.25, -0.2) is 9.98 Å². The molecule has 2 saturated heterocycles. The summed E-state index contributed by atoms with van der Waals surface area (Å²) in [5.74, 6) is 2.58. The number of rotatable bonds is 9. The number of likely N-dealkylation sites (N-methyl/N-ethyl adjacent to an activating group) is 1. The summed E-state index contributed by atoms with van der Waals surface area (Å²) in [5.41, 5.74) is 1.18. The van der Waals surface area contributed by atoms with Gasteiger partial charge >= 0.3 is 0 Å². The number of hydrogen-bond acceptors (Lipinski definition) is 6. The van der Waals surface area contributed by atoms with Crippen LogP contribution in [0.25, 0.3) is 0 Å². The van der Waals surface area contributed by atoms with Crippen molar-refractivity contribution in [3.05, 3.63) is 23.9 Å². The van der Waals surface area contributed by atoms with Crippen LogP contribution in [0.15, 0.2) is 23.3 Å². The molecule has 2 fully saturated rings. The first-order valence-corrected chi connectivity index (χ1v) is 12.4. The second-order valence-corrected chi connectivity index (χ2v) is 9.17. The molecule has 0 aliphatic carbocycles. The van der Waals surface area contributed by atoms with Crippen LogP contribution in [0.2, 0.25) is 0 Å². The van der Waals surface area contributed by atoms with E-state index in [0.717, 1.165) is 83.8 Å². The number of ether oxygens (including phenoxy) is 1. The summed E-state index contributed by atoms with van der Waals surface area (Å²) in [5, 5.41) is 6.84. The van der Waals surface area contributed by atoms with Gasteiger partial charge in [-0.15, -0.1) is 24.0 Å². The highest BCUT2D eigenvalue weighted by molar-refractivity contribution is 14.0. The van der Waals surface area contributed by atoms with Crippen LogP contribution in [-0.2, 0) is 11.3 Å². The molecule has 0 amide bonds. The van der Waals surface area contributed by atoms with Crippen molar-refractivity contribution in [2.24, 2.45) is 10.9 Å². The van der Waals surface area contributed by atoms with Crippen LogP contribution in [0.4, 0.5) is 5.82 Å². The first-order valence-electron chi connectivity index (χ1n) is 12.4. The van der Waals surface area contributed by atoms with Crippen LogP contribution in [0.3, 0.4) is 0 Å². The zero-order chi connectivity index (χ0) is 22.8. The van der Waals surface area contributed by atoms with Crippen molar-refractivity contribution >= 4 is 35.8 Å². The molecule has 1 aromatic rings. The van der Waals surface area contributed by atoms with Gasteiger partial charge in [0.1, 0.15) is 5.82 Å². The number of halogens is 1. The van der Waals surface area contributed by atoms with Crippen molar-refractivity contribution in [3.63, 3.8) is 0 Å². The largest absolute Gasteiger partial charge is 0.374 e. The number of nitrogens with zero attached hydrogens (tertiary/aromatic N) is 5. The Morgan fingerprint density at radius 1 is 1.15 bits per heavy atom. The van der Waals surface area contributed by atoms with E-state index in [0.29, 0.717) is 12.5 Å². The Morgan fingerprint density at radius 3 is 2.64 bits per heavy atom. The molecule has 2 aliphatic heterocycles. The fraction of sp³-hybridized carbons (Fsp3) is 0.750. The van der Waals surface area contributed by atoms with E-state index in [1.165, 1.54) is 5.56 Å². The average Bonchev–Trinajstić information content (AvgIpc) is 2.81. The molecule has 3 heterocycles. The lowest BCUT2D eigenvalue weighted by atomic mass is 10.2. The Labute approximate surface area is 217 Å². The monoisotopic (exact) mass is 573 g/mol. The molecule has 8 nitrogen and oxygen atoms in total. The average molecular weight is 574 g/mol. The van der Waals surface area contributed by atoms with Gasteiger partial charge in [-0.05, 0) is 37.1 Å². The van der Waals surface area contributed by atoms with E-state index in [4.69, 9.17) is 9.73 Å². The van der Waals surface area contributed by atoms with Crippen molar-refractivity contribution in [2.75, 3.05) is 77.0 Å². The molecule has 9 heteroatoms. The lowest BCUT2D eigenvalue weighted by Gasteiger charge is -2.34. The van der Waals surface area contributed by atoms with E-state index in [1.807, 2.05) is 6.20 Å². The van der Waals surface area contributed by atoms with Crippen molar-refractivity contribution in [2.45, 2.75) is 40.3 Å². The normalized spacial score (nSPS) is 20.6. The zero-order valence-corrected chi connectivity index (χ0v) is 23.3. The van der Waals surface area contributed by atoms with Gasteiger partial charge in [0, 0.05) is 65.1 Å². The summed E-state index contributed by atoms with van der Waals surface area (Å²) in [6.07, 6.45) is 2.10. The van der Waals surface area contributed by atoms with Gasteiger partial charge in [0.15, 0.2) is 5.96 Å². The predicted molar refractivity (Wildman–Crippen MR) is 148 cm³/mol. The molecular formula is C24H44IN7O. The third-order valence-corrected chi connectivity index (χ3v) is 6.06. The number of nitrogens with one attached hydrogen (secondary N) is 2. The van der Waals surface area contributed by atoms with Gasteiger partial charge in [0.2, 0.25) is 0 Å². The quantitative estimate of drug-likeness (QED) is 0.267. The maximum atomic E-state index is 5.98. The number of morpholine rings is 1. The number of piperazine rings is 1. The van der Waals surface area contributed by atoms with Crippen LogP contribution in [0, 0.1) is 5.92 Å². The third kappa shape index (κ3) is 9.54. The highest BCUT2D eigenvalue weighted by Crippen LogP contribution is 2.16. The summed E-state index contributed by atoms with van der Waals surface area (Å²) >= 11 is 0. The molecule has 33 heavy (non-hydrogen) atoms. The minimum atomic E-state index is 0. The molecule has 0 aromatic carbocycles. The third-order valence-electron chi connectivity index (χ3n) is 6.06. The van der Waals surface area contributed by atoms with Crippen LogP contribution < -0.4 is 15.5 Å². The number of aliphatic imine (C=N–C) groups is 1. The second kappa shape index (κ2) is 15.0. The molecule has 0 radical (unpaired) electrons. The number of anilines is 1. The van der Waals surface area contributed by atoms with Crippen LogP contribution in [0.5, 0.6) is 0 Å². The van der Waals surface area contributed by atoms with Crippen LogP contribution in [-0.4, -0.2) is 98.9 Å². The van der Waals surface area contributed by atoms with Crippen LogP contribution >= 0.6 is 24.0 Å². The van der Waals surface area contributed by atoms with Gasteiger partial charge in [0.05, 0.1) is 19.3 Å². The second-order valence-electron chi connectivity index (χ2n) is 9.17. The van der Waals surface area contributed by atoms with E-state index >= 15 is 0 Å². The van der Waals surface area contributed by atoms with E-state index in [2.05, 4.69) is 70.1 Å². The van der Waals surface area contributed by atoms with Gasteiger partial charge < -0.3 is 25.2 Å². The molecule has 1 atom stereocenters. The molecule has 2 N–H and O–H groups in total. The van der Waals surface area contributed by atoms with E-state index in [1.54, 1.807) is 0 Å². The van der Waals surface area contributed by atoms with Gasteiger partial charge in [-0.2, -0.15) is 0 Å². The highest BCUT2D eigenvalue weighted by atomic mass is 127. The lowest BCUT2D eigenvalue weighted by Crippen LogP contribution is -2.50. The smallest absolute Gasteiger partial charge is 0.191 e. The highest BCUT2D eigenvalue weighted by Gasteiger charge is 2.21. The van der Waals surface area contributed by atoms with E-state index in [9.17, 15) is 0 Å². The van der Waals surface area contributed by atoms with Gasteiger partial charge in [-0.3, -0.25) is 4.90 Å². The maximum absolute atomic E-state index is 5.98. The van der Waals surface area contributed by atoms with Gasteiger partial charge in [-0.1, -0.05) is 20.8 Å². The van der Waals surface area contributed by atoms with Crippen molar-refractivity contribution in [1.29, 1.82) is 0 Å². The van der Waals surface area contributed by atoms with Crippen molar-refractivity contribution < 1.29 is 4.74 Å². The Morgan fingerprint density at radius 2 is 1.94 bits per heavy atom. The van der Waals surface area contributed by atoms with E-state index < -0.39 is 0 Å². The number of pyridine rings is 1. The SMILES string of the molecule is CCNC(=NCc1ccnc(N2CCN(CC)CC2)c1)NCC1CN(CC(C)C)CCO1.I. The Hall–Kier alpha value is -1.17. The van der Waals surface area contributed by atoms with Crippen molar-refractivity contribution in [3.8, 4) is 0 Å². The summed E-state index contributed by atoms with van der Waals surface area (Å²) in [6, 6.07) is 4.25. The molecular weight excluding hydrogens is 529 g/mol. The Bertz CT molecular complexity index is 710. The Balaban J connectivity index is 0.00000385. The zero-order valence-electron chi connectivity index (χ0n) is 20.9. The minimum absolute atomic E-state index is 0. The minimum Gasteiger partial charge on any atom is -0.374 e.